The van der Waals surface area contributed by atoms with Gasteiger partial charge in [-0.3, -0.25) is 14.7 Å². The number of carbonyl (C=O) groups is 1. The minimum atomic E-state index is -0.314. The first-order valence-corrected chi connectivity index (χ1v) is 12.8. The van der Waals surface area contributed by atoms with Crippen LogP contribution in [0.25, 0.3) is 0 Å². The molecule has 2 aromatic carbocycles. The Morgan fingerprint density at radius 3 is 1.97 bits per heavy atom. The normalized spacial score (nSPS) is 13.7. The summed E-state index contributed by atoms with van der Waals surface area (Å²) in [5, 5.41) is 18.4. The molecule has 0 amide bonds. The van der Waals surface area contributed by atoms with Crippen molar-refractivity contribution in [3.8, 4) is 5.75 Å². The number of hydrogen-bond donors (Lipinski definition) is 3. The molecule has 1 unspecified atom stereocenters. The molecule has 2 aromatic rings. The molecule has 1 heterocycles. The molecule has 0 radical (unpaired) electrons. The first-order valence-electron chi connectivity index (χ1n) is 12.8. The second-order valence-corrected chi connectivity index (χ2v) is 7.73. The summed E-state index contributed by atoms with van der Waals surface area (Å²) in [5.41, 5.74) is 2.06. The van der Waals surface area contributed by atoms with E-state index in [2.05, 4.69) is 38.2 Å². The Labute approximate surface area is 278 Å². The number of carbonyl (C=O) groups excluding carboxylic acids is 1. The summed E-state index contributed by atoms with van der Waals surface area (Å²) >= 11 is 0. The summed E-state index contributed by atoms with van der Waals surface area (Å²) in [5.74, 6) is 1.48. The van der Waals surface area contributed by atoms with Crippen LogP contribution >= 0.6 is 0 Å². The predicted octanol–water partition coefficient (Wildman–Crippen LogP) is 4.53. The van der Waals surface area contributed by atoms with E-state index in [9.17, 15) is 4.79 Å². The monoisotopic (exact) mass is 551 g/mol. The van der Waals surface area contributed by atoms with Crippen LogP contribution in [0.3, 0.4) is 0 Å². The van der Waals surface area contributed by atoms with E-state index in [0.717, 1.165) is 44.3 Å². The molecule has 38 heavy (non-hydrogen) atoms. The molecule has 0 aliphatic carbocycles. The quantitative estimate of drug-likeness (QED) is 0.172. The fraction of sp³-hybridized carbons (Fsp3) is 0.438. The number of aldehydes is 1. The van der Waals surface area contributed by atoms with Crippen molar-refractivity contribution in [1.29, 1.82) is 5.41 Å². The number of benzene rings is 2. The number of nitrogens with one attached hydrogen (secondary N) is 2. The fourth-order valence-electron chi connectivity index (χ4n) is 2.62. The molecule has 1 atom stereocenters. The summed E-state index contributed by atoms with van der Waals surface area (Å²) in [6, 6.07) is 18.2. The predicted molar refractivity (Wildman–Crippen MR) is 163 cm³/mol. The van der Waals surface area contributed by atoms with Gasteiger partial charge < -0.3 is 31.8 Å². The maximum Gasteiger partial charge on any atom is 1.00 e. The zero-order chi connectivity index (χ0) is 28.4. The first-order chi connectivity index (χ1) is 17.2. The Hall–Kier alpha value is -1.31. The third-order valence-corrected chi connectivity index (χ3v) is 4.54. The summed E-state index contributed by atoms with van der Waals surface area (Å²) in [4.78, 5) is 10.9. The van der Waals surface area contributed by atoms with Gasteiger partial charge in [-0.25, -0.2) is 0 Å². The van der Waals surface area contributed by atoms with Crippen LogP contribution in [0.4, 0.5) is 0 Å². The molecule has 3 N–H and O–H groups in total. The van der Waals surface area contributed by atoms with Crippen molar-refractivity contribution in [1.82, 2.24) is 5.32 Å². The average molecular weight is 552 g/mol. The largest absolute Gasteiger partial charge is 1.00 e. The zero-order valence-corrected chi connectivity index (χ0v) is 29.1. The molecular formula is C32H54KN3O2-2. The van der Waals surface area contributed by atoms with Gasteiger partial charge in [0.2, 0.25) is 5.84 Å². The molecule has 6 heteroatoms. The summed E-state index contributed by atoms with van der Waals surface area (Å²) < 4.78 is 1.99. The average Bonchev–Trinajstić information content (AvgIpc) is 2.89. The van der Waals surface area contributed by atoms with Gasteiger partial charge >= 0.3 is 51.4 Å². The number of amidine groups is 1. The number of phenolic OH excluding ortho intramolecular Hbond substituents is 1. The molecule has 0 saturated carbocycles. The number of aryl methyl sites for hydroxylation is 1. The Bertz CT molecular complexity index is 824. The molecule has 1 aliphatic rings. The van der Waals surface area contributed by atoms with Crippen molar-refractivity contribution in [2.24, 2.45) is 0 Å². The van der Waals surface area contributed by atoms with Crippen LogP contribution in [0.2, 0.25) is 0 Å². The van der Waals surface area contributed by atoms with E-state index in [1.54, 1.807) is 19.1 Å². The molecule has 0 aromatic heterocycles. The van der Waals surface area contributed by atoms with Gasteiger partial charge in [0.25, 0.3) is 0 Å². The second kappa shape index (κ2) is 31.9. The van der Waals surface area contributed by atoms with Gasteiger partial charge in [-0.1, -0.05) is 46.8 Å². The number of nitrogens with zero attached hydrogens (tertiary/aromatic N) is 1. The van der Waals surface area contributed by atoms with E-state index in [1.807, 2.05) is 76.6 Å². The topological polar surface area (TPSA) is 76.2 Å². The van der Waals surface area contributed by atoms with Crippen molar-refractivity contribution in [3.05, 3.63) is 87.0 Å². The summed E-state index contributed by atoms with van der Waals surface area (Å²) in [6.45, 7) is 21.5. The van der Waals surface area contributed by atoms with Crippen LogP contribution in [-0.2, 0) is 17.8 Å². The minimum Gasteiger partial charge on any atom is -0.508 e. The standard InChI is InChI=1S/C13H15N2O.C8H10O.2C3H7.C2H5N.C2H6.CH3.K/c1-13(10-16)8-12(15(13)2)14-9-11-6-4-3-5-7-11;1-2-7-4-3-5-8(9)6-7;2*1-3-2;1-2-3;1-2;;/h3-4,6-7,10H,8-9H2,1-2H3;3-6,9H,2H2,1H3;2*1,3H2,2H3;2-3H,1H3;1-2H3;1H3;/q-1;;2*-1;;;-1;+1/p+1. The SMILES string of the molecule is CC.CC=N.CCc1cccc(O)c1.C[N+]1=C(NCc2c[c-]ccc2)CC1(C)C=O.[CH2-]CC.[CH2-]CC.[CH3-].[K+]. The molecule has 212 valence electrons. The van der Waals surface area contributed by atoms with Gasteiger partial charge in [0.05, 0.1) is 20.0 Å². The van der Waals surface area contributed by atoms with Gasteiger partial charge in [0, 0.05) is 0 Å². The molecule has 0 saturated heterocycles. The number of likely N-dealkylation sites (N-methyl/N-ethyl adjacent to an activating group) is 1. The minimum absolute atomic E-state index is 0. The Morgan fingerprint density at radius 2 is 1.63 bits per heavy atom. The van der Waals surface area contributed by atoms with Crippen LogP contribution in [-0.4, -0.2) is 40.6 Å². The molecule has 0 fully saturated rings. The van der Waals surface area contributed by atoms with Gasteiger partial charge in [0.1, 0.15) is 5.75 Å². The maximum atomic E-state index is 10.9. The number of hydrogen-bond acceptors (Lipinski definition) is 4. The third-order valence-electron chi connectivity index (χ3n) is 4.54. The van der Waals surface area contributed by atoms with Crippen LogP contribution < -0.4 is 56.7 Å². The zero-order valence-electron chi connectivity index (χ0n) is 26.0. The number of rotatable bonds is 4. The van der Waals surface area contributed by atoms with E-state index < -0.39 is 0 Å². The molecule has 0 bridgehead atoms. The first kappa shape index (κ1) is 46.5. The van der Waals surface area contributed by atoms with Crippen molar-refractivity contribution in [2.45, 2.75) is 86.2 Å². The van der Waals surface area contributed by atoms with E-state index in [1.165, 1.54) is 17.3 Å². The van der Waals surface area contributed by atoms with E-state index in [-0.39, 0.29) is 64.4 Å². The van der Waals surface area contributed by atoms with Crippen LogP contribution in [0.1, 0.15) is 78.9 Å². The number of aromatic hydroxyl groups is 1. The summed E-state index contributed by atoms with van der Waals surface area (Å²) in [7, 11) is 1.94. The van der Waals surface area contributed by atoms with Crippen molar-refractivity contribution in [2.75, 3.05) is 7.05 Å². The van der Waals surface area contributed by atoms with Crippen LogP contribution in [0.15, 0.2) is 48.5 Å². The van der Waals surface area contributed by atoms with E-state index >= 15 is 0 Å². The van der Waals surface area contributed by atoms with Gasteiger partial charge in [-0.15, -0.1) is 5.56 Å². The number of phenols is 1. The molecule has 5 nitrogen and oxygen atoms in total. The molecule has 1 aliphatic heterocycles. The van der Waals surface area contributed by atoms with Gasteiger partial charge in [-0.2, -0.15) is 43.2 Å². The Balaban J connectivity index is -0.000000141. The van der Waals surface area contributed by atoms with E-state index in [0.29, 0.717) is 5.75 Å². The van der Waals surface area contributed by atoms with Crippen LogP contribution in [0.5, 0.6) is 5.75 Å². The molecular weight excluding hydrogens is 497 g/mol. The van der Waals surface area contributed by atoms with Gasteiger partial charge in [-0.05, 0) is 44.2 Å². The van der Waals surface area contributed by atoms with Crippen molar-refractivity contribution >= 4 is 18.3 Å². The van der Waals surface area contributed by atoms with Gasteiger partial charge in [0.15, 0.2) is 11.8 Å². The van der Waals surface area contributed by atoms with E-state index in [4.69, 9.17) is 10.5 Å². The Kier molecular flexibility index (Phi) is 39.1. The second-order valence-electron chi connectivity index (χ2n) is 7.73. The maximum absolute atomic E-state index is 10.9. The fourth-order valence-corrected chi connectivity index (χ4v) is 2.62. The summed E-state index contributed by atoms with van der Waals surface area (Å²) in [6.07, 6.45) is 6.03. The smallest absolute Gasteiger partial charge is 0.508 e. The molecule has 3 rings (SSSR count). The third kappa shape index (κ3) is 22.7. The Morgan fingerprint density at radius 1 is 1.13 bits per heavy atom. The van der Waals surface area contributed by atoms with Crippen LogP contribution in [0, 0.1) is 32.7 Å². The van der Waals surface area contributed by atoms with Crippen molar-refractivity contribution < 1.29 is 65.9 Å². The molecule has 0 spiro atoms. The van der Waals surface area contributed by atoms with Crippen molar-refractivity contribution in [3.63, 3.8) is 0 Å².